The minimum atomic E-state index is -0.957. The van der Waals surface area contributed by atoms with Gasteiger partial charge in [0.05, 0.1) is 12.7 Å². The lowest BCUT2D eigenvalue weighted by Crippen LogP contribution is -2.11. The molecule has 1 aromatic rings. The fraction of sp³-hybridized carbons (Fsp3) is 0.385. The van der Waals surface area contributed by atoms with Gasteiger partial charge in [0.1, 0.15) is 11.6 Å². The zero-order chi connectivity index (χ0) is 13.7. The Morgan fingerprint density at radius 2 is 2.06 bits per heavy atom. The highest BCUT2D eigenvalue weighted by molar-refractivity contribution is 5.98. The molecule has 0 heterocycles. The molecule has 0 aromatic heterocycles. The van der Waals surface area contributed by atoms with Crippen LogP contribution in [0.4, 0.5) is 4.39 Å². The first kappa shape index (κ1) is 14.2. The van der Waals surface area contributed by atoms with Crippen LogP contribution >= 0.6 is 0 Å². The van der Waals surface area contributed by atoms with Crippen molar-refractivity contribution in [1.29, 1.82) is 0 Å². The summed E-state index contributed by atoms with van der Waals surface area (Å²) in [7, 11) is 1.39. The third-order valence-corrected chi connectivity index (χ3v) is 2.52. The van der Waals surface area contributed by atoms with Gasteiger partial charge in [0.25, 0.3) is 0 Å². The summed E-state index contributed by atoms with van der Waals surface area (Å²) < 4.78 is 18.1. The molecule has 1 rings (SSSR count). The largest absolute Gasteiger partial charge is 0.496 e. The van der Waals surface area contributed by atoms with E-state index in [0.29, 0.717) is 5.75 Å². The average Bonchev–Trinajstić information content (AvgIpc) is 2.27. The molecular formula is C13H15FO4. The number of carboxylic acids is 1. The molecule has 0 bridgehead atoms. The van der Waals surface area contributed by atoms with E-state index < -0.39 is 11.8 Å². The first-order valence-electron chi connectivity index (χ1n) is 5.52. The average molecular weight is 254 g/mol. The summed E-state index contributed by atoms with van der Waals surface area (Å²) in [4.78, 5) is 22.4. The molecule has 0 aliphatic rings. The van der Waals surface area contributed by atoms with Crippen LogP contribution in [0.15, 0.2) is 18.2 Å². The minimum Gasteiger partial charge on any atom is -0.496 e. The zero-order valence-corrected chi connectivity index (χ0v) is 10.3. The number of carbonyl (C=O) groups is 2. The predicted molar refractivity (Wildman–Crippen MR) is 63.3 cm³/mol. The third kappa shape index (κ3) is 3.84. The van der Waals surface area contributed by atoms with Gasteiger partial charge in [-0.2, -0.15) is 0 Å². The lowest BCUT2D eigenvalue weighted by molar-refractivity contribution is -0.137. The van der Waals surface area contributed by atoms with Crippen LogP contribution < -0.4 is 4.74 Å². The summed E-state index contributed by atoms with van der Waals surface area (Å²) in [5, 5.41) is 8.62. The molecule has 0 radical (unpaired) electrons. The molecule has 0 spiro atoms. The van der Waals surface area contributed by atoms with Crippen LogP contribution in [0.5, 0.6) is 5.75 Å². The molecule has 98 valence electrons. The molecular weight excluding hydrogens is 239 g/mol. The smallest absolute Gasteiger partial charge is 0.303 e. The second-order valence-corrected chi connectivity index (χ2v) is 4.17. The van der Waals surface area contributed by atoms with E-state index in [0.717, 1.165) is 6.07 Å². The molecule has 1 N–H and O–H groups in total. The second kappa shape index (κ2) is 6.14. The molecule has 0 aliphatic heterocycles. The Labute approximate surface area is 104 Å². The fourth-order valence-electron chi connectivity index (χ4n) is 1.69. The predicted octanol–water partition coefficient (Wildman–Crippen LogP) is 2.52. The lowest BCUT2D eigenvalue weighted by Gasteiger charge is -2.10. The van der Waals surface area contributed by atoms with Crippen molar-refractivity contribution in [3.8, 4) is 5.75 Å². The monoisotopic (exact) mass is 254 g/mol. The van der Waals surface area contributed by atoms with Crippen molar-refractivity contribution >= 4 is 11.8 Å². The fourth-order valence-corrected chi connectivity index (χ4v) is 1.69. The third-order valence-electron chi connectivity index (χ3n) is 2.52. The molecule has 18 heavy (non-hydrogen) atoms. The molecule has 0 aliphatic carbocycles. The molecule has 1 aromatic carbocycles. The maximum atomic E-state index is 13.1. The van der Waals surface area contributed by atoms with Crippen molar-refractivity contribution in [2.75, 3.05) is 7.11 Å². The van der Waals surface area contributed by atoms with Crippen molar-refractivity contribution in [3.63, 3.8) is 0 Å². The quantitative estimate of drug-likeness (QED) is 0.792. The number of ketones is 1. The molecule has 0 unspecified atom stereocenters. The number of hydrogen-bond acceptors (Lipinski definition) is 3. The van der Waals surface area contributed by atoms with Crippen molar-refractivity contribution in [1.82, 2.24) is 0 Å². The number of Topliss-reactive ketones (excluding diaryl/α,β-unsaturated/α-hetero) is 1. The van der Waals surface area contributed by atoms with Gasteiger partial charge in [-0.3, -0.25) is 9.59 Å². The van der Waals surface area contributed by atoms with Gasteiger partial charge in [-0.15, -0.1) is 0 Å². The van der Waals surface area contributed by atoms with E-state index >= 15 is 0 Å². The van der Waals surface area contributed by atoms with Crippen LogP contribution in [0, 0.1) is 11.7 Å². The van der Waals surface area contributed by atoms with Gasteiger partial charge >= 0.3 is 5.97 Å². The van der Waals surface area contributed by atoms with Crippen molar-refractivity contribution < 1.29 is 23.8 Å². The van der Waals surface area contributed by atoms with Crippen molar-refractivity contribution in [3.05, 3.63) is 29.6 Å². The number of methoxy groups -OCH3 is 1. The molecule has 0 amide bonds. The second-order valence-electron chi connectivity index (χ2n) is 4.17. The maximum Gasteiger partial charge on any atom is 0.303 e. The van der Waals surface area contributed by atoms with E-state index in [1.54, 1.807) is 6.92 Å². The van der Waals surface area contributed by atoms with Gasteiger partial charge in [0.15, 0.2) is 5.78 Å². The Hall–Kier alpha value is -1.91. The van der Waals surface area contributed by atoms with Crippen molar-refractivity contribution in [2.24, 2.45) is 5.92 Å². The highest BCUT2D eigenvalue weighted by atomic mass is 19.1. The highest BCUT2D eigenvalue weighted by Gasteiger charge is 2.18. The summed E-state index contributed by atoms with van der Waals surface area (Å²) >= 11 is 0. The summed E-state index contributed by atoms with van der Waals surface area (Å²) in [6, 6.07) is 3.69. The molecule has 1 atom stereocenters. The number of carboxylic acid groups (broad SMARTS) is 1. The molecule has 0 saturated heterocycles. The Balaban J connectivity index is 2.83. The SMILES string of the molecule is COc1ccc(F)cc1C(=O)C[C@@H](C)CC(=O)O. The van der Waals surface area contributed by atoms with Gasteiger partial charge in [-0.25, -0.2) is 4.39 Å². The van der Waals surface area contributed by atoms with Crippen LogP contribution in [0.25, 0.3) is 0 Å². The Kier molecular flexibility index (Phi) is 4.83. The van der Waals surface area contributed by atoms with Gasteiger partial charge in [-0.05, 0) is 24.1 Å². The van der Waals surface area contributed by atoms with E-state index in [1.807, 2.05) is 0 Å². The van der Waals surface area contributed by atoms with Crippen LogP contribution in [-0.4, -0.2) is 24.0 Å². The van der Waals surface area contributed by atoms with E-state index in [1.165, 1.54) is 19.2 Å². The van der Waals surface area contributed by atoms with Crippen LogP contribution in [0.1, 0.15) is 30.1 Å². The summed E-state index contributed by atoms with van der Waals surface area (Å²) in [5.74, 6) is -1.81. The minimum absolute atomic E-state index is 0.0477. The summed E-state index contributed by atoms with van der Waals surface area (Å²) in [5.41, 5.74) is 0.148. The first-order valence-corrected chi connectivity index (χ1v) is 5.52. The van der Waals surface area contributed by atoms with E-state index in [4.69, 9.17) is 9.84 Å². The Bertz CT molecular complexity index is 456. The molecule has 5 heteroatoms. The molecule has 0 saturated carbocycles. The number of carbonyl (C=O) groups excluding carboxylic acids is 1. The highest BCUT2D eigenvalue weighted by Crippen LogP contribution is 2.23. The lowest BCUT2D eigenvalue weighted by atomic mass is 9.96. The standard InChI is InChI=1S/C13H15FO4/c1-8(6-13(16)17)5-11(15)10-7-9(14)3-4-12(10)18-2/h3-4,7-8H,5-6H2,1-2H3,(H,16,17)/t8-/m1/s1. The van der Waals surface area contributed by atoms with Crippen LogP contribution in [0.2, 0.25) is 0 Å². The number of benzene rings is 1. The van der Waals surface area contributed by atoms with Gasteiger partial charge < -0.3 is 9.84 Å². The first-order chi connectivity index (χ1) is 8.43. The number of rotatable bonds is 6. The van der Waals surface area contributed by atoms with Gasteiger partial charge in [-0.1, -0.05) is 6.92 Å². The number of aliphatic carboxylic acids is 1. The van der Waals surface area contributed by atoms with Crippen LogP contribution in [0.3, 0.4) is 0 Å². The van der Waals surface area contributed by atoms with E-state index in [9.17, 15) is 14.0 Å². The van der Waals surface area contributed by atoms with Crippen LogP contribution in [-0.2, 0) is 4.79 Å². The number of halogens is 1. The van der Waals surface area contributed by atoms with Crippen molar-refractivity contribution in [2.45, 2.75) is 19.8 Å². The molecule has 0 fully saturated rings. The Morgan fingerprint density at radius 1 is 1.39 bits per heavy atom. The normalized spacial score (nSPS) is 11.9. The maximum absolute atomic E-state index is 13.1. The Morgan fingerprint density at radius 3 is 2.61 bits per heavy atom. The molecule has 4 nitrogen and oxygen atoms in total. The zero-order valence-electron chi connectivity index (χ0n) is 10.3. The topological polar surface area (TPSA) is 63.6 Å². The van der Waals surface area contributed by atoms with Gasteiger partial charge in [0.2, 0.25) is 0 Å². The summed E-state index contributed by atoms with van der Waals surface area (Å²) in [6.45, 7) is 1.66. The number of hydrogen-bond donors (Lipinski definition) is 1. The van der Waals surface area contributed by atoms with E-state index in [-0.39, 0.29) is 30.1 Å². The van der Waals surface area contributed by atoms with E-state index in [2.05, 4.69) is 0 Å². The number of ether oxygens (including phenoxy) is 1. The van der Waals surface area contributed by atoms with Gasteiger partial charge in [0, 0.05) is 12.8 Å². The summed E-state index contributed by atoms with van der Waals surface area (Å²) in [6.07, 6.45) is -0.0461.